The minimum atomic E-state index is 0.0732. The summed E-state index contributed by atoms with van der Waals surface area (Å²) in [4.78, 5) is 14.3. The highest BCUT2D eigenvalue weighted by molar-refractivity contribution is 5.91. The molecule has 0 aliphatic heterocycles. The Bertz CT molecular complexity index is 475. The topological polar surface area (TPSA) is 58.4 Å². The summed E-state index contributed by atoms with van der Waals surface area (Å²) < 4.78 is 0. The fraction of sp³-hybridized carbons (Fsp3) is 0.588. The molecule has 0 heterocycles. The van der Waals surface area contributed by atoms with Crippen LogP contribution in [0.3, 0.4) is 0 Å². The van der Waals surface area contributed by atoms with E-state index in [0.29, 0.717) is 13.0 Å². The van der Waals surface area contributed by atoms with E-state index in [9.17, 15) is 4.79 Å². The first kappa shape index (κ1) is 16.0. The average Bonchev–Trinajstić information content (AvgIpc) is 3.14. The van der Waals surface area contributed by atoms with Gasteiger partial charge in [-0.2, -0.15) is 0 Å². The van der Waals surface area contributed by atoms with Gasteiger partial charge in [0.05, 0.1) is 0 Å². The fourth-order valence-corrected chi connectivity index (χ4v) is 2.69. The van der Waals surface area contributed by atoms with Gasteiger partial charge in [0.15, 0.2) is 0 Å². The third-order valence-corrected chi connectivity index (χ3v) is 4.28. The van der Waals surface area contributed by atoms with Gasteiger partial charge in [0.25, 0.3) is 0 Å². The molecule has 0 radical (unpaired) electrons. The maximum atomic E-state index is 12.0. The Morgan fingerprint density at radius 2 is 2.14 bits per heavy atom. The van der Waals surface area contributed by atoms with Crippen LogP contribution in [0.25, 0.3) is 0 Å². The second kappa shape index (κ2) is 7.57. The quantitative estimate of drug-likeness (QED) is 0.773. The molecule has 21 heavy (non-hydrogen) atoms. The van der Waals surface area contributed by atoms with Crippen molar-refractivity contribution in [2.45, 2.75) is 32.7 Å². The highest BCUT2D eigenvalue weighted by Crippen LogP contribution is 2.37. The van der Waals surface area contributed by atoms with Gasteiger partial charge >= 0.3 is 0 Å². The van der Waals surface area contributed by atoms with Crippen LogP contribution in [0.15, 0.2) is 24.3 Å². The summed E-state index contributed by atoms with van der Waals surface area (Å²) in [6.07, 6.45) is 2.82. The van der Waals surface area contributed by atoms with Gasteiger partial charge in [-0.3, -0.25) is 4.79 Å². The zero-order chi connectivity index (χ0) is 15.2. The van der Waals surface area contributed by atoms with Crippen LogP contribution in [-0.2, 0) is 11.3 Å². The van der Waals surface area contributed by atoms with Crippen LogP contribution >= 0.6 is 0 Å². The minimum absolute atomic E-state index is 0.0732. The largest absolute Gasteiger partial charge is 0.326 e. The lowest BCUT2D eigenvalue weighted by atomic mass is 10.1. The first-order valence-corrected chi connectivity index (χ1v) is 7.86. The predicted octanol–water partition coefficient (Wildman–Crippen LogP) is 2.45. The van der Waals surface area contributed by atoms with E-state index in [1.807, 2.05) is 24.3 Å². The number of nitrogens with two attached hydrogens (primary N) is 1. The van der Waals surface area contributed by atoms with Gasteiger partial charge in [-0.25, -0.2) is 0 Å². The molecule has 4 nitrogen and oxygen atoms in total. The van der Waals surface area contributed by atoms with Crippen molar-refractivity contribution in [2.75, 3.05) is 25.5 Å². The Morgan fingerprint density at radius 3 is 2.81 bits per heavy atom. The molecule has 0 aromatic heterocycles. The minimum Gasteiger partial charge on any atom is -0.326 e. The number of benzene rings is 1. The van der Waals surface area contributed by atoms with E-state index in [4.69, 9.17) is 5.73 Å². The van der Waals surface area contributed by atoms with Crippen LogP contribution < -0.4 is 11.1 Å². The van der Waals surface area contributed by atoms with Gasteiger partial charge in [-0.1, -0.05) is 25.1 Å². The van der Waals surface area contributed by atoms with E-state index in [-0.39, 0.29) is 5.91 Å². The number of hydrogen-bond acceptors (Lipinski definition) is 3. The molecule has 4 heteroatoms. The highest BCUT2D eigenvalue weighted by atomic mass is 16.1. The first-order chi connectivity index (χ1) is 10.1. The van der Waals surface area contributed by atoms with E-state index < -0.39 is 0 Å². The summed E-state index contributed by atoms with van der Waals surface area (Å²) in [6, 6.07) is 7.70. The standard InChI is InChI=1S/C17H27N3O/c1-13-10-15(13)12-20(2)9-5-8-17(21)19-16-7-4-3-6-14(16)11-18/h3-4,6-7,13,15H,5,8-12,18H2,1-2H3,(H,19,21). The summed E-state index contributed by atoms with van der Waals surface area (Å²) in [5.41, 5.74) is 7.49. The molecule has 0 bridgehead atoms. The molecular weight excluding hydrogens is 262 g/mol. The van der Waals surface area contributed by atoms with Gasteiger partial charge < -0.3 is 16.0 Å². The maximum absolute atomic E-state index is 12.0. The lowest BCUT2D eigenvalue weighted by molar-refractivity contribution is -0.116. The molecule has 0 spiro atoms. The Balaban J connectivity index is 1.67. The van der Waals surface area contributed by atoms with Crippen LogP contribution in [0.1, 0.15) is 31.7 Å². The lowest BCUT2D eigenvalue weighted by Crippen LogP contribution is -2.24. The second-order valence-corrected chi connectivity index (χ2v) is 6.25. The monoisotopic (exact) mass is 289 g/mol. The Morgan fingerprint density at radius 1 is 1.43 bits per heavy atom. The van der Waals surface area contributed by atoms with E-state index >= 15 is 0 Å². The number of rotatable bonds is 8. The molecule has 3 N–H and O–H groups in total. The summed E-state index contributed by atoms with van der Waals surface area (Å²) in [6.45, 7) is 4.90. The summed E-state index contributed by atoms with van der Waals surface area (Å²) in [7, 11) is 2.15. The van der Waals surface area contributed by atoms with E-state index in [1.54, 1.807) is 0 Å². The molecule has 1 aliphatic carbocycles. The van der Waals surface area contributed by atoms with E-state index in [1.165, 1.54) is 13.0 Å². The lowest BCUT2D eigenvalue weighted by Gasteiger charge is -2.16. The predicted molar refractivity (Wildman–Crippen MR) is 87.0 cm³/mol. The smallest absolute Gasteiger partial charge is 0.224 e. The van der Waals surface area contributed by atoms with Crippen molar-refractivity contribution >= 4 is 11.6 Å². The molecule has 2 rings (SSSR count). The van der Waals surface area contributed by atoms with Crippen LogP contribution in [0.4, 0.5) is 5.69 Å². The van der Waals surface area contributed by atoms with Crippen molar-refractivity contribution in [2.24, 2.45) is 17.6 Å². The van der Waals surface area contributed by atoms with Crippen molar-refractivity contribution in [3.8, 4) is 0 Å². The number of nitrogens with one attached hydrogen (secondary N) is 1. The van der Waals surface area contributed by atoms with Gasteiger partial charge in [0, 0.05) is 25.2 Å². The molecule has 2 unspecified atom stereocenters. The van der Waals surface area contributed by atoms with Gasteiger partial charge in [0.1, 0.15) is 0 Å². The van der Waals surface area contributed by atoms with Crippen molar-refractivity contribution in [1.82, 2.24) is 4.90 Å². The molecule has 0 saturated heterocycles. The van der Waals surface area contributed by atoms with Gasteiger partial charge in [-0.15, -0.1) is 0 Å². The summed E-state index contributed by atoms with van der Waals surface area (Å²) in [5, 5.41) is 2.96. The Hall–Kier alpha value is -1.39. The summed E-state index contributed by atoms with van der Waals surface area (Å²) >= 11 is 0. The third kappa shape index (κ3) is 5.14. The second-order valence-electron chi connectivity index (χ2n) is 6.25. The fourth-order valence-electron chi connectivity index (χ4n) is 2.69. The number of nitrogens with zero attached hydrogens (tertiary/aromatic N) is 1. The number of carbonyl (C=O) groups is 1. The third-order valence-electron chi connectivity index (χ3n) is 4.28. The molecule has 1 saturated carbocycles. The van der Waals surface area contributed by atoms with Crippen LogP contribution in [0.2, 0.25) is 0 Å². The number of para-hydroxylation sites is 1. The number of hydrogen-bond donors (Lipinski definition) is 2. The molecule has 1 aromatic carbocycles. The Kier molecular flexibility index (Phi) is 5.76. The number of anilines is 1. The highest BCUT2D eigenvalue weighted by Gasteiger charge is 2.32. The zero-order valence-electron chi connectivity index (χ0n) is 13.1. The molecular formula is C17H27N3O. The normalized spacial score (nSPS) is 20.6. The number of amides is 1. The van der Waals surface area contributed by atoms with Crippen LogP contribution in [-0.4, -0.2) is 30.9 Å². The average molecular weight is 289 g/mol. The molecule has 1 aromatic rings. The molecule has 1 fully saturated rings. The summed E-state index contributed by atoms with van der Waals surface area (Å²) in [5.74, 6) is 1.84. The first-order valence-electron chi connectivity index (χ1n) is 7.86. The number of carbonyl (C=O) groups excluding carboxylic acids is 1. The van der Waals surface area contributed by atoms with Crippen molar-refractivity contribution in [1.29, 1.82) is 0 Å². The van der Waals surface area contributed by atoms with Crippen molar-refractivity contribution < 1.29 is 4.79 Å². The molecule has 1 amide bonds. The molecule has 2 atom stereocenters. The van der Waals surface area contributed by atoms with Crippen molar-refractivity contribution in [3.05, 3.63) is 29.8 Å². The van der Waals surface area contributed by atoms with Gasteiger partial charge in [-0.05, 0) is 49.9 Å². The van der Waals surface area contributed by atoms with Gasteiger partial charge in [0.2, 0.25) is 5.91 Å². The van der Waals surface area contributed by atoms with Crippen LogP contribution in [0.5, 0.6) is 0 Å². The SMILES string of the molecule is CC1CC1CN(C)CCCC(=O)Nc1ccccc1CN. The Labute approximate surface area is 127 Å². The van der Waals surface area contributed by atoms with Crippen LogP contribution in [0, 0.1) is 11.8 Å². The van der Waals surface area contributed by atoms with Crippen molar-refractivity contribution in [3.63, 3.8) is 0 Å². The molecule has 1 aliphatic rings. The van der Waals surface area contributed by atoms with E-state index in [0.717, 1.165) is 36.1 Å². The maximum Gasteiger partial charge on any atom is 0.224 e. The zero-order valence-corrected chi connectivity index (χ0v) is 13.1. The van der Waals surface area contributed by atoms with E-state index in [2.05, 4.69) is 24.2 Å². The molecule has 116 valence electrons.